The number of nitrogens with one attached hydrogen (secondary N) is 1. The molecule has 1 unspecified atom stereocenters. The fourth-order valence-electron chi connectivity index (χ4n) is 2.17. The summed E-state index contributed by atoms with van der Waals surface area (Å²) in [6.07, 6.45) is 5.04. The maximum atomic E-state index is 6.10. The van der Waals surface area contributed by atoms with Gasteiger partial charge in [-0.05, 0) is 13.8 Å². The molecule has 0 radical (unpaired) electrons. The molecule has 0 saturated carbocycles. The van der Waals surface area contributed by atoms with Crippen molar-refractivity contribution in [3.8, 4) is 0 Å². The quantitative estimate of drug-likeness (QED) is 0.848. The van der Waals surface area contributed by atoms with Crippen molar-refractivity contribution in [3.63, 3.8) is 0 Å². The molecule has 0 amide bonds. The first-order valence-electron chi connectivity index (χ1n) is 6.03. The zero-order valence-corrected chi connectivity index (χ0v) is 11.4. The molecule has 3 rings (SSSR count). The second-order valence-electron chi connectivity index (χ2n) is 4.26. The van der Waals surface area contributed by atoms with Gasteiger partial charge in [-0.2, -0.15) is 0 Å². The first kappa shape index (κ1) is 12.1. The normalized spacial score (nSPS) is 17.2. The predicted molar refractivity (Wildman–Crippen MR) is 73.2 cm³/mol. The lowest BCUT2D eigenvalue weighted by atomic mass is 10.2. The van der Waals surface area contributed by atoms with Crippen LogP contribution in [0.3, 0.4) is 0 Å². The van der Waals surface area contributed by atoms with Gasteiger partial charge in [-0.25, -0.2) is 19.9 Å². The first-order chi connectivity index (χ1) is 9.20. The summed E-state index contributed by atoms with van der Waals surface area (Å²) in [7, 11) is 0. The number of halogens is 1. The van der Waals surface area contributed by atoms with E-state index in [-0.39, 0.29) is 6.17 Å². The first-order valence-corrected chi connectivity index (χ1v) is 6.40. The maximum Gasteiger partial charge on any atom is 0.159 e. The SMILES string of the molecule is CCN1c2ncnc(Cl)c2NC1c1cnc(C)nc1. The minimum atomic E-state index is -0.0604. The second-order valence-corrected chi connectivity index (χ2v) is 4.62. The molecule has 0 bridgehead atoms. The van der Waals surface area contributed by atoms with Crippen LogP contribution in [-0.2, 0) is 0 Å². The number of aryl methyl sites for hydroxylation is 1. The van der Waals surface area contributed by atoms with Crippen molar-refractivity contribution in [1.82, 2.24) is 19.9 Å². The van der Waals surface area contributed by atoms with E-state index in [0.29, 0.717) is 5.15 Å². The lowest BCUT2D eigenvalue weighted by molar-refractivity contribution is 0.717. The van der Waals surface area contributed by atoms with Crippen molar-refractivity contribution < 1.29 is 0 Å². The van der Waals surface area contributed by atoms with Crippen LogP contribution in [0, 0.1) is 6.92 Å². The summed E-state index contributed by atoms with van der Waals surface area (Å²) in [5.41, 5.74) is 1.73. The van der Waals surface area contributed by atoms with E-state index >= 15 is 0 Å². The summed E-state index contributed by atoms with van der Waals surface area (Å²) in [4.78, 5) is 18.9. The highest BCUT2D eigenvalue weighted by Gasteiger charge is 2.32. The Morgan fingerprint density at radius 2 is 2.00 bits per heavy atom. The molecule has 19 heavy (non-hydrogen) atoms. The van der Waals surface area contributed by atoms with E-state index in [2.05, 4.69) is 37.1 Å². The van der Waals surface area contributed by atoms with Crippen molar-refractivity contribution >= 4 is 23.1 Å². The molecule has 1 aliphatic heterocycles. The summed E-state index contributed by atoms with van der Waals surface area (Å²) in [6.45, 7) is 4.72. The molecule has 1 N–H and O–H groups in total. The minimum absolute atomic E-state index is 0.0604. The molecule has 0 aromatic carbocycles. The van der Waals surface area contributed by atoms with Gasteiger partial charge in [0.25, 0.3) is 0 Å². The van der Waals surface area contributed by atoms with Crippen LogP contribution in [0.2, 0.25) is 5.15 Å². The van der Waals surface area contributed by atoms with E-state index in [0.717, 1.165) is 29.4 Å². The standard InChI is InChI=1S/C12H13ClN6/c1-3-19-11(8-4-14-7(2)15-5-8)18-9-10(13)16-6-17-12(9)19/h4-6,11,18H,3H2,1-2H3. The van der Waals surface area contributed by atoms with Crippen molar-refractivity contribution in [3.05, 3.63) is 35.3 Å². The fraction of sp³-hybridized carbons (Fsp3) is 0.333. The molecular weight excluding hydrogens is 264 g/mol. The predicted octanol–water partition coefficient (Wildman–Crippen LogP) is 2.18. The Hall–Kier alpha value is -1.95. The molecule has 2 aromatic rings. The zero-order chi connectivity index (χ0) is 13.4. The van der Waals surface area contributed by atoms with Gasteiger partial charge in [0.2, 0.25) is 0 Å². The summed E-state index contributed by atoms with van der Waals surface area (Å²) >= 11 is 6.10. The van der Waals surface area contributed by atoms with Crippen LogP contribution in [0.25, 0.3) is 0 Å². The van der Waals surface area contributed by atoms with Crippen LogP contribution in [0.5, 0.6) is 0 Å². The highest BCUT2D eigenvalue weighted by Crippen LogP contribution is 2.41. The van der Waals surface area contributed by atoms with Gasteiger partial charge in [0, 0.05) is 24.5 Å². The Balaban J connectivity index is 2.02. The molecule has 1 atom stereocenters. The molecular formula is C12H13ClN6. The van der Waals surface area contributed by atoms with Gasteiger partial charge < -0.3 is 10.2 Å². The second kappa shape index (κ2) is 4.62. The van der Waals surface area contributed by atoms with E-state index in [9.17, 15) is 0 Å². The largest absolute Gasteiger partial charge is 0.356 e. The molecule has 2 aromatic heterocycles. The molecule has 0 fully saturated rings. The highest BCUT2D eigenvalue weighted by molar-refractivity contribution is 6.32. The van der Waals surface area contributed by atoms with Crippen molar-refractivity contribution in [2.75, 3.05) is 16.8 Å². The summed E-state index contributed by atoms with van der Waals surface area (Å²) in [5.74, 6) is 1.56. The molecule has 0 aliphatic carbocycles. The molecule has 6 nitrogen and oxygen atoms in total. The number of hydrogen-bond donors (Lipinski definition) is 1. The Morgan fingerprint density at radius 3 is 2.68 bits per heavy atom. The van der Waals surface area contributed by atoms with Crippen LogP contribution in [0.15, 0.2) is 18.7 Å². The van der Waals surface area contributed by atoms with Crippen molar-refractivity contribution in [1.29, 1.82) is 0 Å². The number of fused-ring (bicyclic) bond motifs is 1. The van der Waals surface area contributed by atoms with Gasteiger partial charge in [-0.15, -0.1) is 0 Å². The highest BCUT2D eigenvalue weighted by atomic mass is 35.5. The molecule has 98 valence electrons. The lowest BCUT2D eigenvalue weighted by Crippen LogP contribution is -2.28. The Morgan fingerprint density at radius 1 is 1.26 bits per heavy atom. The van der Waals surface area contributed by atoms with Crippen LogP contribution in [0.4, 0.5) is 11.5 Å². The van der Waals surface area contributed by atoms with E-state index in [1.54, 1.807) is 0 Å². The van der Waals surface area contributed by atoms with Crippen LogP contribution in [-0.4, -0.2) is 26.5 Å². The average Bonchev–Trinajstić information content (AvgIpc) is 2.79. The zero-order valence-electron chi connectivity index (χ0n) is 10.6. The van der Waals surface area contributed by atoms with Gasteiger partial charge in [0.05, 0.1) is 0 Å². The number of anilines is 2. The summed E-state index contributed by atoms with van der Waals surface area (Å²) in [5, 5.41) is 3.76. The fourth-order valence-corrected chi connectivity index (χ4v) is 2.36. The number of nitrogens with zero attached hydrogens (tertiary/aromatic N) is 5. The Kier molecular flexibility index (Phi) is 2.94. The van der Waals surface area contributed by atoms with Crippen molar-refractivity contribution in [2.24, 2.45) is 0 Å². The van der Waals surface area contributed by atoms with E-state index in [4.69, 9.17) is 11.6 Å². The molecule has 3 heterocycles. The molecule has 7 heteroatoms. The Labute approximate surface area is 115 Å². The topological polar surface area (TPSA) is 66.8 Å². The third kappa shape index (κ3) is 1.98. The van der Waals surface area contributed by atoms with E-state index < -0.39 is 0 Å². The molecule has 1 aliphatic rings. The minimum Gasteiger partial charge on any atom is -0.356 e. The van der Waals surface area contributed by atoms with Crippen LogP contribution < -0.4 is 10.2 Å². The van der Waals surface area contributed by atoms with Crippen molar-refractivity contribution in [2.45, 2.75) is 20.0 Å². The van der Waals surface area contributed by atoms with Gasteiger partial charge in [0.15, 0.2) is 11.0 Å². The van der Waals surface area contributed by atoms with E-state index in [1.165, 1.54) is 6.33 Å². The third-order valence-corrected chi connectivity index (χ3v) is 3.39. The number of rotatable bonds is 2. The third-order valence-electron chi connectivity index (χ3n) is 3.10. The smallest absolute Gasteiger partial charge is 0.159 e. The summed E-state index contributed by atoms with van der Waals surface area (Å²) < 4.78 is 0. The maximum absolute atomic E-state index is 6.10. The van der Waals surface area contributed by atoms with Gasteiger partial charge >= 0.3 is 0 Å². The molecule has 0 saturated heterocycles. The number of aromatic nitrogens is 4. The van der Waals surface area contributed by atoms with Gasteiger partial charge in [-0.3, -0.25) is 0 Å². The van der Waals surface area contributed by atoms with Crippen LogP contribution >= 0.6 is 11.6 Å². The van der Waals surface area contributed by atoms with Crippen LogP contribution in [0.1, 0.15) is 24.5 Å². The molecule has 0 spiro atoms. The monoisotopic (exact) mass is 276 g/mol. The van der Waals surface area contributed by atoms with Gasteiger partial charge in [-0.1, -0.05) is 11.6 Å². The number of hydrogen-bond acceptors (Lipinski definition) is 6. The average molecular weight is 277 g/mol. The lowest BCUT2D eigenvalue weighted by Gasteiger charge is -2.24. The van der Waals surface area contributed by atoms with E-state index in [1.807, 2.05) is 19.3 Å². The Bertz CT molecular complexity index is 600. The summed E-state index contributed by atoms with van der Waals surface area (Å²) in [6, 6.07) is 0. The van der Waals surface area contributed by atoms with Gasteiger partial charge in [0.1, 0.15) is 24.0 Å².